The predicted octanol–water partition coefficient (Wildman–Crippen LogP) is 4.79. The summed E-state index contributed by atoms with van der Waals surface area (Å²) >= 11 is 0. The Morgan fingerprint density at radius 1 is 0.840 bits per heavy atom. The van der Waals surface area contributed by atoms with E-state index in [0.717, 1.165) is 29.8 Å². The fraction of sp³-hybridized carbons (Fsp3) is 0.130. The van der Waals surface area contributed by atoms with Crippen molar-refractivity contribution in [3.63, 3.8) is 0 Å². The van der Waals surface area contributed by atoms with E-state index in [0.29, 0.717) is 0 Å². The third-order valence-corrected chi connectivity index (χ3v) is 4.49. The number of methoxy groups -OCH3 is 1. The summed E-state index contributed by atoms with van der Waals surface area (Å²) in [5.41, 5.74) is 5.86. The monoisotopic (exact) mass is 325 g/mol. The molecule has 0 amide bonds. The third kappa shape index (κ3) is 3.09. The number of para-hydroxylation sites is 2. The number of anilines is 2. The second-order valence-corrected chi connectivity index (χ2v) is 6.03. The lowest BCUT2D eigenvalue weighted by Gasteiger charge is -2.21. The summed E-state index contributed by atoms with van der Waals surface area (Å²) in [6, 6.07) is 24.8. The minimum Gasteiger partial charge on any atom is -0.497 e. The largest absolute Gasteiger partial charge is 0.497 e. The summed E-state index contributed by atoms with van der Waals surface area (Å²) in [5, 5.41) is 0. The number of hydrogen-bond acceptors (Lipinski definition) is 2. The molecule has 0 saturated carbocycles. The minimum atomic E-state index is 0.827. The molecule has 0 fully saturated rings. The van der Waals surface area contributed by atoms with Crippen LogP contribution in [0.15, 0.2) is 72.8 Å². The zero-order chi connectivity index (χ0) is 17.1. The number of nitrogens with zero attached hydrogens (tertiary/aromatic N) is 1. The van der Waals surface area contributed by atoms with E-state index in [1.54, 1.807) is 7.11 Å². The SMILES string of the molecule is COc1cccc(C#Cc2ccccc2N2CCc3ccccc32)c1. The van der Waals surface area contributed by atoms with Crippen molar-refractivity contribution in [2.75, 3.05) is 18.6 Å². The van der Waals surface area contributed by atoms with Crippen molar-refractivity contribution >= 4 is 11.4 Å². The molecular weight excluding hydrogens is 306 g/mol. The lowest BCUT2D eigenvalue weighted by molar-refractivity contribution is 0.414. The van der Waals surface area contributed by atoms with E-state index in [-0.39, 0.29) is 0 Å². The highest BCUT2D eigenvalue weighted by molar-refractivity contribution is 5.74. The summed E-state index contributed by atoms with van der Waals surface area (Å²) in [4.78, 5) is 2.37. The number of ether oxygens (including phenoxy) is 1. The molecule has 0 N–H and O–H groups in total. The Morgan fingerprint density at radius 3 is 2.52 bits per heavy atom. The highest BCUT2D eigenvalue weighted by Crippen LogP contribution is 2.35. The summed E-state index contributed by atoms with van der Waals surface area (Å²) in [6.45, 7) is 0.997. The van der Waals surface area contributed by atoms with Crippen LogP contribution in [0, 0.1) is 11.8 Å². The van der Waals surface area contributed by atoms with Gasteiger partial charge in [-0.2, -0.15) is 0 Å². The van der Waals surface area contributed by atoms with Gasteiger partial charge in [0.1, 0.15) is 5.75 Å². The van der Waals surface area contributed by atoms with Gasteiger partial charge in [-0.15, -0.1) is 0 Å². The lowest BCUT2D eigenvalue weighted by atomic mass is 10.1. The van der Waals surface area contributed by atoms with E-state index in [1.807, 2.05) is 30.3 Å². The molecule has 0 atom stereocenters. The molecule has 2 nitrogen and oxygen atoms in total. The van der Waals surface area contributed by atoms with Gasteiger partial charge in [-0.3, -0.25) is 0 Å². The Bertz CT molecular complexity index is 965. The van der Waals surface area contributed by atoms with Crippen molar-refractivity contribution in [2.24, 2.45) is 0 Å². The highest BCUT2D eigenvalue weighted by atomic mass is 16.5. The number of benzene rings is 3. The van der Waals surface area contributed by atoms with Crippen LogP contribution in [-0.2, 0) is 6.42 Å². The van der Waals surface area contributed by atoms with E-state index >= 15 is 0 Å². The van der Waals surface area contributed by atoms with Gasteiger partial charge in [0.25, 0.3) is 0 Å². The molecular formula is C23H19NO. The van der Waals surface area contributed by atoms with Crippen LogP contribution in [0.25, 0.3) is 0 Å². The molecule has 1 heterocycles. The first-order valence-electron chi connectivity index (χ1n) is 8.46. The first-order chi connectivity index (χ1) is 12.3. The molecule has 0 radical (unpaired) electrons. The molecule has 122 valence electrons. The fourth-order valence-electron chi connectivity index (χ4n) is 3.24. The van der Waals surface area contributed by atoms with Crippen molar-refractivity contribution in [3.8, 4) is 17.6 Å². The smallest absolute Gasteiger partial charge is 0.120 e. The number of hydrogen-bond donors (Lipinski definition) is 0. The molecule has 25 heavy (non-hydrogen) atoms. The first-order valence-corrected chi connectivity index (χ1v) is 8.46. The van der Waals surface area contributed by atoms with Crippen LogP contribution in [0.4, 0.5) is 11.4 Å². The summed E-state index contributed by atoms with van der Waals surface area (Å²) in [5.74, 6) is 7.44. The second-order valence-electron chi connectivity index (χ2n) is 6.03. The average Bonchev–Trinajstić information content (AvgIpc) is 3.11. The second kappa shape index (κ2) is 6.75. The maximum Gasteiger partial charge on any atom is 0.120 e. The van der Waals surface area contributed by atoms with Gasteiger partial charge in [0.15, 0.2) is 0 Å². The van der Waals surface area contributed by atoms with Crippen LogP contribution in [0.3, 0.4) is 0 Å². The molecule has 0 aromatic heterocycles. The van der Waals surface area contributed by atoms with Crippen molar-refractivity contribution < 1.29 is 4.74 Å². The Morgan fingerprint density at radius 2 is 1.64 bits per heavy atom. The molecule has 1 aliphatic heterocycles. The maximum atomic E-state index is 5.27. The molecule has 0 aliphatic carbocycles. The molecule has 0 unspecified atom stereocenters. The Balaban J connectivity index is 1.71. The lowest BCUT2D eigenvalue weighted by Crippen LogP contribution is -2.14. The van der Waals surface area contributed by atoms with Gasteiger partial charge < -0.3 is 9.64 Å². The van der Waals surface area contributed by atoms with Gasteiger partial charge in [0.2, 0.25) is 0 Å². The van der Waals surface area contributed by atoms with Gasteiger partial charge in [-0.05, 0) is 48.4 Å². The molecule has 0 bridgehead atoms. The Kier molecular flexibility index (Phi) is 4.14. The predicted molar refractivity (Wildman–Crippen MR) is 103 cm³/mol. The molecule has 1 aliphatic rings. The zero-order valence-corrected chi connectivity index (χ0v) is 14.2. The summed E-state index contributed by atoms with van der Waals surface area (Å²) < 4.78 is 5.27. The third-order valence-electron chi connectivity index (χ3n) is 4.49. The minimum absolute atomic E-state index is 0.827. The van der Waals surface area contributed by atoms with Crippen molar-refractivity contribution in [1.29, 1.82) is 0 Å². The van der Waals surface area contributed by atoms with Crippen LogP contribution in [0.1, 0.15) is 16.7 Å². The van der Waals surface area contributed by atoms with Gasteiger partial charge in [-0.1, -0.05) is 48.2 Å². The first kappa shape index (κ1) is 15.4. The highest BCUT2D eigenvalue weighted by Gasteiger charge is 2.21. The Hall–Kier alpha value is -3.18. The summed E-state index contributed by atoms with van der Waals surface area (Å²) in [7, 11) is 1.67. The van der Waals surface area contributed by atoms with Crippen LogP contribution < -0.4 is 9.64 Å². The molecule has 2 heteroatoms. The standard InChI is InChI=1S/C23H19NO/c1-25-21-10-6-7-18(17-21)13-14-19-8-2-4-11-22(19)24-16-15-20-9-3-5-12-23(20)24/h2-12,17H,15-16H2,1H3. The van der Waals surface area contributed by atoms with Crippen LogP contribution in [0.2, 0.25) is 0 Å². The van der Waals surface area contributed by atoms with E-state index in [1.165, 1.54) is 16.9 Å². The van der Waals surface area contributed by atoms with E-state index in [9.17, 15) is 0 Å². The average molecular weight is 325 g/mol. The maximum absolute atomic E-state index is 5.27. The molecule has 0 saturated heterocycles. The van der Waals surface area contributed by atoms with Crippen molar-refractivity contribution in [3.05, 3.63) is 89.5 Å². The van der Waals surface area contributed by atoms with E-state index < -0.39 is 0 Å². The van der Waals surface area contributed by atoms with Gasteiger partial charge in [-0.25, -0.2) is 0 Å². The number of rotatable bonds is 2. The molecule has 4 rings (SSSR count). The quantitative estimate of drug-likeness (QED) is 0.628. The number of fused-ring (bicyclic) bond motifs is 1. The van der Waals surface area contributed by atoms with Gasteiger partial charge in [0, 0.05) is 23.4 Å². The van der Waals surface area contributed by atoms with E-state index in [2.05, 4.69) is 59.2 Å². The van der Waals surface area contributed by atoms with E-state index in [4.69, 9.17) is 4.74 Å². The van der Waals surface area contributed by atoms with Gasteiger partial charge in [0.05, 0.1) is 12.8 Å². The normalized spacial score (nSPS) is 12.3. The molecule has 0 spiro atoms. The van der Waals surface area contributed by atoms with Crippen LogP contribution in [-0.4, -0.2) is 13.7 Å². The topological polar surface area (TPSA) is 12.5 Å². The van der Waals surface area contributed by atoms with Crippen molar-refractivity contribution in [2.45, 2.75) is 6.42 Å². The zero-order valence-electron chi connectivity index (χ0n) is 14.2. The van der Waals surface area contributed by atoms with Crippen LogP contribution >= 0.6 is 0 Å². The molecule has 3 aromatic rings. The Labute approximate surface area is 148 Å². The van der Waals surface area contributed by atoms with Gasteiger partial charge >= 0.3 is 0 Å². The van der Waals surface area contributed by atoms with Crippen LogP contribution in [0.5, 0.6) is 5.75 Å². The molecule has 3 aromatic carbocycles. The van der Waals surface area contributed by atoms with Crippen molar-refractivity contribution in [1.82, 2.24) is 0 Å². The summed E-state index contributed by atoms with van der Waals surface area (Å²) in [6.07, 6.45) is 1.08. The fourth-order valence-corrected chi connectivity index (χ4v) is 3.24.